The summed E-state index contributed by atoms with van der Waals surface area (Å²) in [5.74, 6) is 0. The number of thiophene rings is 1. The zero-order chi connectivity index (χ0) is 19.4. The van der Waals surface area contributed by atoms with Crippen molar-refractivity contribution in [2.75, 3.05) is 0 Å². The quantitative estimate of drug-likeness (QED) is 0.508. The van der Waals surface area contributed by atoms with Crippen LogP contribution in [0, 0.1) is 0 Å². The number of aliphatic hydroxyl groups is 1. The molecule has 28 heavy (non-hydrogen) atoms. The van der Waals surface area contributed by atoms with E-state index in [0.717, 1.165) is 48.6 Å². The Morgan fingerprint density at radius 3 is 2.79 bits per heavy atom. The summed E-state index contributed by atoms with van der Waals surface area (Å²) in [4.78, 5) is 11.1. The van der Waals surface area contributed by atoms with Crippen LogP contribution in [0.1, 0.15) is 17.9 Å². The molecule has 0 amide bonds. The van der Waals surface area contributed by atoms with Gasteiger partial charge in [-0.05, 0) is 36.8 Å². The predicted octanol–water partition coefficient (Wildman–Crippen LogP) is 3.70. The molecule has 0 aliphatic rings. The Morgan fingerprint density at radius 1 is 1.18 bits per heavy atom. The second-order valence-corrected chi connectivity index (χ2v) is 7.94. The van der Waals surface area contributed by atoms with E-state index >= 15 is 0 Å². The Morgan fingerprint density at radius 2 is 2.04 bits per heavy atom. The lowest BCUT2D eigenvalue weighted by molar-refractivity contribution is 0.203. The van der Waals surface area contributed by atoms with E-state index in [-0.39, 0.29) is 0 Å². The molecule has 0 aromatic carbocycles. The largest absolute Gasteiger partial charge is 0.388 e. The fourth-order valence-electron chi connectivity index (χ4n) is 3.41. The molecule has 5 aromatic rings. The molecule has 1 N–H and O–H groups in total. The van der Waals surface area contributed by atoms with Crippen molar-refractivity contribution < 1.29 is 5.11 Å². The molecule has 0 bridgehead atoms. The summed E-state index contributed by atoms with van der Waals surface area (Å²) in [7, 11) is 3.79. The highest BCUT2D eigenvalue weighted by Crippen LogP contribution is 2.38. The Bertz CT molecular complexity index is 1330. The van der Waals surface area contributed by atoms with E-state index in [1.807, 2.05) is 43.3 Å². The molecule has 0 radical (unpaired) electrons. The zero-order valence-electron chi connectivity index (χ0n) is 15.7. The summed E-state index contributed by atoms with van der Waals surface area (Å²) in [6.45, 7) is 1.77. The summed E-state index contributed by atoms with van der Waals surface area (Å²) in [5, 5.41) is 20.7. The number of fused-ring (bicyclic) bond motifs is 2. The summed E-state index contributed by atoms with van der Waals surface area (Å²) in [5.41, 5.74) is 4.52. The molecular formula is C20H18N6OS. The van der Waals surface area contributed by atoms with E-state index in [1.165, 1.54) is 11.3 Å². The van der Waals surface area contributed by atoms with Crippen molar-refractivity contribution in [3.8, 4) is 22.5 Å². The minimum absolute atomic E-state index is 0.536. The van der Waals surface area contributed by atoms with Crippen molar-refractivity contribution in [2.45, 2.75) is 13.0 Å². The van der Waals surface area contributed by atoms with Crippen LogP contribution in [0.15, 0.2) is 42.9 Å². The standard InChI is InChI=1S/C20H18N6OS/c1-11(27)18-8-15-14(12-6-13-10-25(2)24-19(13)21-9-12)7-16(23-20(15)28-18)17-4-5-22-26(17)3/h4-11,27H,1-3H3/t11-/m1/s1. The van der Waals surface area contributed by atoms with Gasteiger partial charge in [0.25, 0.3) is 0 Å². The monoisotopic (exact) mass is 390 g/mol. The number of aryl methyl sites for hydroxylation is 2. The number of hydrogen-bond acceptors (Lipinski definition) is 6. The number of nitrogens with zero attached hydrogens (tertiary/aromatic N) is 6. The van der Waals surface area contributed by atoms with Crippen LogP contribution in [0.5, 0.6) is 0 Å². The van der Waals surface area contributed by atoms with Gasteiger partial charge in [-0.2, -0.15) is 10.2 Å². The molecular weight excluding hydrogens is 372 g/mol. The second kappa shape index (κ2) is 6.22. The summed E-state index contributed by atoms with van der Waals surface area (Å²) >= 11 is 1.51. The van der Waals surface area contributed by atoms with E-state index < -0.39 is 6.10 Å². The van der Waals surface area contributed by atoms with E-state index in [0.29, 0.717) is 0 Å². The molecule has 0 unspecified atom stereocenters. The second-order valence-electron chi connectivity index (χ2n) is 6.88. The van der Waals surface area contributed by atoms with Gasteiger partial charge in [0.15, 0.2) is 5.65 Å². The van der Waals surface area contributed by atoms with Crippen LogP contribution in [-0.4, -0.2) is 34.6 Å². The van der Waals surface area contributed by atoms with Gasteiger partial charge < -0.3 is 5.11 Å². The van der Waals surface area contributed by atoms with Crippen LogP contribution in [0.4, 0.5) is 0 Å². The van der Waals surface area contributed by atoms with Crippen LogP contribution in [0.3, 0.4) is 0 Å². The maximum atomic E-state index is 10.1. The van der Waals surface area contributed by atoms with Crippen molar-refractivity contribution in [2.24, 2.45) is 14.1 Å². The van der Waals surface area contributed by atoms with E-state index in [2.05, 4.69) is 27.3 Å². The molecule has 0 saturated carbocycles. The Kier molecular flexibility index (Phi) is 3.78. The fourth-order valence-corrected chi connectivity index (χ4v) is 4.41. The SMILES string of the molecule is C[C@@H](O)c1cc2c(-c3cnc4nn(C)cc4c3)cc(-c3ccnn3C)nc2s1. The Balaban J connectivity index is 1.80. The average molecular weight is 390 g/mol. The first-order valence-electron chi connectivity index (χ1n) is 8.90. The summed E-state index contributed by atoms with van der Waals surface area (Å²) < 4.78 is 3.57. The number of aromatic nitrogens is 6. The van der Waals surface area contributed by atoms with Crippen molar-refractivity contribution in [1.82, 2.24) is 29.5 Å². The first kappa shape index (κ1) is 17.0. The summed E-state index contributed by atoms with van der Waals surface area (Å²) in [6, 6.07) is 8.13. The molecule has 8 heteroatoms. The van der Waals surface area contributed by atoms with Gasteiger partial charge in [0.05, 0.1) is 17.5 Å². The first-order chi connectivity index (χ1) is 13.5. The maximum Gasteiger partial charge on any atom is 0.181 e. The minimum atomic E-state index is -0.536. The lowest BCUT2D eigenvalue weighted by atomic mass is 10.0. The lowest BCUT2D eigenvalue weighted by Crippen LogP contribution is -1.96. The highest BCUT2D eigenvalue weighted by molar-refractivity contribution is 7.18. The molecule has 0 saturated heterocycles. The fraction of sp³-hybridized carbons (Fsp3) is 0.200. The zero-order valence-corrected chi connectivity index (χ0v) is 16.5. The molecule has 7 nitrogen and oxygen atoms in total. The van der Waals surface area contributed by atoms with Crippen LogP contribution >= 0.6 is 11.3 Å². The highest BCUT2D eigenvalue weighted by Gasteiger charge is 2.17. The molecule has 5 aromatic heterocycles. The minimum Gasteiger partial charge on any atom is -0.388 e. The van der Waals surface area contributed by atoms with Crippen molar-refractivity contribution in [1.29, 1.82) is 0 Å². The number of rotatable bonds is 3. The van der Waals surface area contributed by atoms with Gasteiger partial charge >= 0.3 is 0 Å². The maximum absolute atomic E-state index is 10.1. The topological polar surface area (TPSA) is 81.7 Å². The molecule has 5 heterocycles. The molecule has 140 valence electrons. The van der Waals surface area contributed by atoms with Gasteiger partial charge in [-0.1, -0.05) is 0 Å². The lowest BCUT2D eigenvalue weighted by Gasteiger charge is -2.08. The van der Waals surface area contributed by atoms with Crippen LogP contribution in [0.25, 0.3) is 43.8 Å². The van der Waals surface area contributed by atoms with Crippen molar-refractivity contribution in [3.05, 3.63) is 47.7 Å². The van der Waals surface area contributed by atoms with Crippen LogP contribution in [-0.2, 0) is 14.1 Å². The molecule has 1 atom stereocenters. The van der Waals surface area contributed by atoms with E-state index in [4.69, 9.17) is 4.98 Å². The van der Waals surface area contributed by atoms with E-state index in [9.17, 15) is 5.11 Å². The number of pyridine rings is 2. The third-order valence-corrected chi connectivity index (χ3v) is 6.00. The van der Waals surface area contributed by atoms with Gasteiger partial charge in [0.2, 0.25) is 0 Å². The molecule has 5 rings (SSSR count). The molecule has 0 fully saturated rings. The third-order valence-electron chi connectivity index (χ3n) is 4.80. The van der Waals surface area contributed by atoms with Gasteiger partial charge in [-0.3, -0.25) is 9.36 Å². The van der Waals surface area contributed by atoms with Crippen molar-refractivity contribution >= 4 is 32.6 Å². The van der Waals surface area contributed by atoms with E-state index in [1.54, 1.807) is 17.8 Å². The molecule has 0 aliphatic carbocycles. The van der Waals surface area contributed by atoms with Crippen LogP contribution < -0.4 is 0 Å². The van der Waals surface area contributed by atoms with Crippen LogP contribution in [0.2, 0.25) is 0 Å². The average Bonchev–Trinajstić information content (AvgIpc) is 3.36. The first-order valence-corrected chi connectivity index (χ1v) is 9.72. The number of aliphatic hydroxyl groups excluding tert-OH is 1. The summed E-state index contributed by atoms with van der Waals surface area (Å²) in [6.07, 6.45) is 5.03. The van der Waals surface area contributed by atoms with Gasteiger partial charge in [0.1, 0.15) is 4.83 Å². The van der Waals surface area contributed by atoms with Crippen molar-refractivity contribution in [3.63, 3.8) is 0 Å². The molecule has 0 spiro atoms. The van der Waals surface area contributed by atoms with Gasteiger partial charge in [-0.15, -0.1) is 11.3 Å². The van der Waals surface area contributed by atoms with Gasteiger partial charge in [0, 0.05) is 53.9 Å². The third kappa shape index (κ3) is 2.69. The molecule has 0 aliphatic heterocycles. The predicted molar refractivity (Wildman–Crippen MR) is 110 cm³/mol. The number of hydrogen-bond donors (Lipinski definition) is 1. The highest BCUT2D eigenvalue weighted by atomic mass is 32.1. The normalized spacial score (nSPS) is 12.9. The Labute approximate surface area is 164 Å². The smallest absolute Gasteiger partial charge is 0.181 e. The van der Waals surface area contributed by atoms with Gasteiger partial charge in [-0.25, -0.2) is 9.97 Å². The Hall–Kier alpha value is -3.10.